The van der Waals surface area contributed by atoms with Gasteiger partial charge in [0.25, 0.3) is 5.91 Å². The lowest BCUT2D eigenvalue weighted by atomic mass is 10.1. The highest BCUT2D eigenvalue weighted by Crippen LogP contribution is 2.37. The highest BCUT2D eigenvalue weighted by molar-refractivity contribution is 5.93. The molecule has 0 radical (unpaired) electrons. The van der Waals surface area contributed by atoms with Crippen LogP contribution in [-0.2, 0) is 14.3 Å². The van der Waals surface area contributed by atoms with Gasteiger partial charge in [-0.25, -0.2) is 9.59 Å². The largest absolute Gasteiger partial charge is 0.446 e. The van der Waals surface area contributed by atoms with E-state index >= 15 is 0 Å². The number of nitrogens with zero attached hydrogens (tertiary/aromatic N) is 1. The summed E-state index contributed by atoms with van der Waals surface area (Å²) in [6.07, 6.45) is -1.02. The molecule has 1 saturated heterocycles. The number of ether oxygens (including phenoxy) is 2. The van der Waals surface area contributed by atoms with Crippen LogP contribution in [0.5, 0.6) is 0 Å². The van der Waals surface area contributed by atoms with Crippen molar-refractivity contribution in [2.45, 2.75) is 84.2 Å². The van der Waals surface area contributed by atoms with Gasteiger partial charge < -0.3 is 14.8 Å². The normalized spacial score (nSPS) is 19.9. The maximum Gasteiger partial charge on any atom is 0.411 e. The van der Waals surface area contributed by atoms with Crippen LogP contribution in [0.4, 0.5) is 4.79 Å². The zero-order chi connectivity index (χ0) is 22.0. The molecular weight excluding hydrogens is 372 g/mol. The Hall–Kier alpha value is -2.57. The van der Waals surface area contributed by atoms with Crippen LogP contribution in [0.25, 0.3) is 0 Å². The van der Waals surface area contributed by atoms with E-state index in [0.29, 0.717) is 12.0 Å². The van der Waals surface area contributed by atoms with Crippen LogP contribution < -0.4 is 5.32 Å². The molecule has 0 aromatic heterocycles. The molecule has 1 N–H and O–H groups in total. The van der Waals surface area contributed by atoms with E-state index < -0.39 is 41.3 Å². The van der Waals surface area contributed by atoms with E-state index in [4.69, 9.17) is 9.47 Å². The standard InChI is InChI=1S/C22H32N2O5/c1-8-15-16(24(15)20(27)29-22(5,6)7)17(18(25)23-21(2,3)4)28-19(26)14-12-10-9-11-13-14/h9-13,15-17H,8H2,1-7H3,(H,23,25)/t15-,16+,17+,24?/m1/s1. The van der Waals surface area contributed by atoms with Crippen molar-refractivity contribution in [3.63, 3.8) is 0 Å². The lowest BCUT2D eigenvalue weighted by molar-refractivity contribution is -0.131. The second kappa shape index (κ2) is 8.43. The zero-order valence-electron chi connectivity index (χ0n) is 18.3. The third-order valence-corrected chi connectivity index (χ3v) is 4.32. The van der Waals surface area contributed by atoms with Crippen molar-refractivity contribution < 1.29 is 23.9 Å². The van der Waals surface area contributed by atoms with Gasteiger partial charge in [0.05, 0.1) is 11.6 Å². The molecule has 0 spiro atoms. The fourth-order valence-corrected chi connectivity index (χ4v) is 3.13. The average Bonchev–Trinajstić information content (AvgIpc) is 3.31. The molecule has 0 aliphatic carbocycles. The number of hydrogen-bond donors (Lipinski definition) is 1. The lowest BCUT2D eigenvalue weighted by Gasteiger charge is -2.25. The molecule has 1 heterocycles. The topological polar surface area (TPSA) is 84.7 Å². The van der Waals surface area contributed by atoms with E-state index in [1.54, 1.807) is 51.1 Å². The summed E-state index contributed by atoms with van der Waals surface area (Å²) < 4.78 is 11.1. The van der Waals surface area contributed by atoms with Gasteiger partial charge in [0.1, 0.15) is 11.6 Å². The number of rotatable bonds is 5. The van der Waals surface area contributed by atoms with Crippen molar-refractivity contribution in [2.75, 3.05) is 0 Å². The summed E-state index contributed by atoms with van der Waals surface area (Å²) >= 11 is 0. The molecule has 0 saturated carbocycles. The minimum atomic E-state index is -1.13. The second-order valence-corrected chi connectivity index (χ2v) is 9.28. The van der Waals surface area contributed by atoms with E-state index in [0.717, 1.165) is 0 Å². The Labute approximate surface area is 172 Å². The zero-order valence-corrected chi connectivity index (χ0v) is 18.3. The van der Waals surface area contributed by atoms with Crippen LogP contribution in [0.1, 0.15) is 65.2 Å². The van der Waals surface area contributed by atoms with Crippen LogP contribution >= 0.6 is 0 Å². The summed E-state index contributed by atoms with van der Waals surface area (Å²) in [5.41, 5.74) is -0.826. The van der Waals surface area contributed by atoms with E-state index in [1.165, 1.54) is 4.90 Å². The quantitative estimate of drug-likeness (QED) is 0.599. The van der Waals surface area contributed by atoms with Crippen molar-refractivity contribution in [2.24, 2.45) is 0 Å². The first-order valence-corrected chi connectivity index (χ1v) is 9.93. The van der Waals surface area contributed by atoms with Gasteiger partial charge in [0.15, 0.2) is 0 Å². The molecule has 0 bridgehead atoms. The number of nitrogens with one attached hydrogen (secondary N) is 1. The van der Waals surface area contributed by atoms with Crippen LogP contribution in [0.15, 0.2) is 30.3 Å². The van der Waals surface area contributed by atoms with Gasteiger partial charge in [-0.2, -0.15) is 0 Å². The van der Waals surface area contributed by atoms with Crippen molar-refractivity contribution in [3.05, 3.63) is 35.9 Å². The molecule has 7 nitrogen and oxygen atoms in total. The minimum Gasteiger partial charge on any atom is -0.446 e. The van der Waals surface area contributed by atoms with E-state index in [-0.39, 0.29) is 6.04 Å². The third-order valence-electron chi connectivity index (χ3n) is 4.32. The molecule has 1 aliphatic heterocycles. The SMILES string of the molecule is CC[C@@H]1[C@@H]([C@H](OC(=O)c2ccccc2)C(=O)NC(C)(C)C)N1C(=O)OC(C)(C)C. The Bertz CT molecular complexity index is 749. The maximum absolute atomic E-state index is 13.0. The van der Waals surface area contributed by atoms with E-state index in [1.807, 2.05) is 27.7 Å². The summed E-state index contributed by atoms with van der Waals surface area (Å²) in [6.45, 7) is 12.8. The molecule has 1 fully saturated rings. The Morgan fingerprint density at radius 2 is 1.66 bits per heavy atom. The maximum atomic E-state index is 13.0. The molecule has 7 heteroatoms. The number of hydrogen-bond acceptors (Lipinski definition) is 5. The second-order valence-electron chi connectivity index (χ2n) is 9.28. The van der Waals surface area contributed by atoms with E-state index in [9.17, 15) is 14.4 Å². The summed E-state index contributed by atoms with van der Waals surface area (Å²) in [7, 11) is 0. The molecule has 2 rings (SSSR count). The number of esters is 1. The van der Waals surface area contributed by atoms with Crippen molar-refractivity contribution in [1.82, 2.24) is 10.2 Å². The lowest BCUT2D eigenvalue weighted by Crippen LogP contribution is -2.50. The van der Waals surface area contributed by atoms with Gasteiger partial charge in [-0.15, -0.1) is 0 Å². The monoisotopic (exact) mass is 404 g/mol. The number of benzene rings is 1. The highest BCUT2D eigenvalue weighted by Gasteiger charge is 2.59. The Kier molecular flexibility index (Phi) is 6.60. The number of carbonyl (C=O) groups is 3. The van der Waals surface area contributed by atoms with Crippen LogP contribution in [-0.4, -0.2) is 52.2 Å². The number of carbonyl (C=O) groups excluding carboxylic acids is 3. The summed E-state index contributed by atoms with van der Waals surface area (Å²) in [5, 5.41) is 2.85. The third kappa shape index (κ3) is 6.21. The van der Waals surface area contributed by atoms with Crippen molar-refractivity contribution >= 4 is 18.0 Å². The molecule has 0 unspecified atom stereocenters. The fraction of sp³-hybridized carbons (Fsp3) is 0.591. The van der Waals surface area contributed by atoms with Gasteiger partial charge in [-0.05, 0) is 60.1 Å². The first-order valence-electron chi connectivity index (χ1n) is 9.93. The van der Waals surface area contributed by atoms with Gasteiger partial charge in [-0.1, -0.05) is 25.1 Å². The molecule has 160 valence electrons. The molecular formula is C22H32N2O5. The number of amides is 2. The minimum absolute atomic E-state index is 0.232. The molecule has 3 atom stereocenters. The summed E-state index contributed by atoms with van der Waals surface area (Å²) in [5.74, 6) is -1.04. The Morgan fingerprint density at radius 1 is 1.07 bits per heavy atom. The summed E-state index contributed by atoms with van der Waals surface area (Å²) in [4.78, 5) is 39.7. The van der Waals surface area contributed by atoms with Gasteiger partial charge in [-0.3, -0.25) is 9.69 Å². The van der Waals surface area contributed by atoms with Crippen LogP contribution in [0.3, 0.4) is 0 Å². The van der Waals surface area contributed by atoms with Crippen molar-refractivity contribution in [3.8, 4) is 0 Å². The Balaban J connectivity index is 2.25. The first-order chi connectivity index (χ1) is 13.3. The molecule has 29 heavy (non-hydrogen) atoms. The Morgan fingerprint density at radius 3 is 2.14 bits per heavy atom. The molecule has 1 aliphatic rings. The predicted molar refractivity (Wildman–Crippen MR) is 109 cm³/mol. The highest BCUT2D eigenvalue weighted by atomic mass is 16.6. The van der Waals surface area contributed by atoms with Gasteiger partial charge in [0, 0.05) is 5.54 Å². The smallest absolute Gasteiger partial charge is 0.411 e. The molecule has 1 aromatic rings. The molecule has 2 amide bonds. The molecule has 1 aromatic carbocycles. The van der Waals surface area contributed by atoms with Crippen LogP contribution in [0, 0.1) is 0 Å². The van der Waals surface area contributed by atoms with Gasteiger partial charge in [0.2, 0.25) is 6.10 Å². The average molecular weight is 405 g/mol. The fourth-order valence-electron chi connectivity index (χ4n) is 3.13. The van der Waals surface area contributed by atoms with Crippen molar-refractivity contribution in [1.29, 1.82) is 0 Å². The van der Waals surface area contributed by atoms with E-state index in [2.05, 4.69) is 5.32 Å². The van der Waals surface area contributed by atoms with Gasteiger partial charge >= 0.3 is 12.1 Å². The predicted octanol–water partition coefficient (Wildman–Crippen LogP) is 3.52. The first kappa shape index (κ1) is 22.7. The van der Waals surface area contributed by atoms with Crippen LogP contribution in [0.2, 0.25) is 0 Å². The summed E-state index contributed by atoms with van der Waals surface area (Å²) in [6, 6.07) is 7.68.